The van der Waals surface area contributed by atoms with E-state index in [1.165, 1.54) is 11.1 Å². The lowest BCUT2D eigenvalue weighted by Crippen LogP contribution is -2.47. The molecule has 0 spiro atoms. The van der Waals surface area contributed by atoms with Crippen LogP contribution in [-0.2, 0) is 61.8 Å². The number of halogens is 1. The van der Waals surface area contributed by atoms with Gasteiger partial charge in [0.15, 0.2) is 33.3 Å². The zero-order chi connectivity index (χ0) is 72.4. The predicted molar refractivity (Wildman–Crippen MR) is 423 cm³/mol. The molecule has 0 radical (unpaired) electrons. The van der Waals surface area contributed by atoms with Gasteiger partial charge in [-0.2, -0.15) is 0 Å². The average Bonchev–Trinajstić information content (AvgIpc) is 0.781. The molecule has 4 rings (SSSR count). The average molecular weight is 1410 g/mol. The maximum atomic E-state index is 7.76. The van der Waals surface area contributed by atoms with Crippen LogP contribution in [0.4, 0.5) is 0 Å². The normalized spacial score (nSPS) is 16.3. The summed E-state index contributed by atoms with van der Waals surface area (Å²) in [6.45, 7) is 89.2. The maximum Gasteiger partial charge on any atom is 0.194 e. The fourth-order valence-corrected chi connectivity index (χ4v) is 16.8. The highest BCUT2D eigenvalue weighted by Gasteiger charge is 2.48. The molecule has 0 heterocycles. The highest BCUT2D eigenvalue weighted by atomic mass is 79.9. The molecule has 4 aromatic carbocycles. The number of benzene rings is 4. The predicted octanol–water partition coefficient (Wildman–Crippen LogP) is 24.6. The van der Waals surface area contributed by atoms with Gasteiger partial charge in [0.1, 0.15) is 30.5 Å². The lowest BCUT2D eigenvalue weighted by Gasteiger charge is -2.43. The summed E-state index contributed by atoms with van der Waals surface area (Å²) in [7, 11) is -11.6. The van der Waals surface area contributed by atoms with Crippen LogP contribution >= 0.6 is 15.9 Å². The van der Waals surface area contributed by atoms with Crippen molar-refractivity contribution in [3.8, 4) is 47.0 Å². The molecule has 0 aromatic heterocycles. The van der Waals surface area contributed by atoms with Crippen molar-refractivity contribution in [1.29, 1.82) is 0 Å². The van der Waals surface area contributed by atoms with Gasteiger partial charge in [-0.15, -0.1) is 5.54 Å². The molecule has 0 aliphatic rings. The second-order valence-electron chi connectivity index (χ2n) is 39.0. The lowest BCUT2D eigenvalue weighted by molar-refractivity contribution is 0.131. The van der Waals surface area contributed by atoms with E-state index >= 15 is 0 Å². The summed E-state index contributed by atoms with van der Waals surface area (Å²) < 4.78 is 31.5. The summed E-state index contributed by atoms with van der Waals surface area (Å²) in [4.78, 5) is 0. The smallest absolute Gasteiger partial charge is 0.194 e. The molecule has 0 saturated carbocycles. The van der Waals surface area contributed by atoms with Crippen LogP contribution in [0.2, 0.25) is 92.2 Å². The van der Waals surface area contributed by atoms with E-state index in [-0.39, 0.29) is 41.8 Å². The highest BCUT2D eigenvalue weighted by Crippen LogP contribution is 2.48. The van der Waals surface area contributed by atoms with Crippen molar-refractivity contribution in [2.45, 2.75) is 330 Å². The Hall–Kier alpha value is -3.48. The third-order valence-electron chi connectivity index (χ3n) is 20.4. The molecule has 0 aliphatic heterocycles. The van der Waals surface area contributed by atoms with Crippen LogP contribution in [0.5, 0.6) is 0 Å². The Kier molecular flexibility index (Phi) is 23.8. The molecular weight excluding hydrogens is 1280 g/mol. The molecule has 0 unspecified atom stereocenters. The van der Waals surface area contributed by atoms with Gasteiger partial charge in [0.05, 0.1) is 0 Å². The van der Waals surface area contributed by atoms with Gasteiger partial charge < -0.3 is 17.7 Å². The fraction of sp³-hybridized carbons (Fsp3) is 0.614. The first-order valence-corrected chi connectivity index (χ1v) is 50.2. The molecule has 4 nitrogen and oxygen atoms in total. The van der Waals surface area contributed by atoms with Gasteiger partial charge in [0, 0.05) is 21.2 Å². The SMILES string of the molecule is CC(C)(C)c1cc(C#C[C@](C)(O[Si](C)(C)C(C)(C)C)c2cc(Br)cc(C(C)(C)C)c2)cc([C@@](C)(C#Cc2cc(C(C)(C)C)cc([C@@](C)(C#Cc3cc(C(C)(C)C)cc([C@](C)(C#C[Si](C)(C)C)O[Si](C)(C)C(C)(C)C)c3)O[Si](C)(C)C(C)(C)C)c2)O[Si](C)(C)C(C)(C)C)c1. The van der Waals surface area contributed by atoms with E-state index in [1.54, 1.807) is 0 Å². The second kappa shape index (κ2) is 27.0. The van der Waals surface area contributed by atoms with Crippen LogP contribution in [0.15, 0.2) is 77.3 Å². The zero-order valence-corrected chi connectivity index (χ0v) is 73.0. The van der Waals surface area contributed by atoms with Crippen molar-refractivity contribution in [3.63, 3.8) is 0 Å². The highest BCUT2D eigenvalue weighted by molar-refractivity contribution is 9.10. The molecule has 0 amide bonds. The van der Waals surface area contributed by atoms with Crippen LogP contribution < -0.4 is 0 Å². The van der Waals surface area contributed by atoms with Gasteiger partial charge in [-0.05, 0) is 215 Å². The van der Waals surface area contributed by atoms with Crippen LogP contribution in [0, 0.1) is 47.0 Å². The van der Waals surface area contributed by atoms with Crippen molar-refractivity contribution < 1.29 is 17.7 Å². The Morgan fingerprint density at radius 3 is 0.645 bits per heavy atom. The number of hydrogen-bond acceptors (Lipinski definition) is 4. The largest absolute Gasteiger partial charge is 0.397 e. The topological polar surface area (TPSA) is 36.9 Å². The van der Waals surface area contributed by atoms with Crippen molar-refractivity contribution in [2.75, 3.05) is 0 Å². The van der Waals surface area contributed by atoms with Crippen molar-refractivity contribution >= 4 is 57.3 Å². The Morgan fingerprint density at radius 2 is 0.441 bits per heavy atom. The maximum absolute atomic E-state index is 7.76. The van der Waals surface area contributed by atoms with Gasteiger partial charge in [-0.25, -0.2) is 0 Å². The van der Waals surface area contributed by atoms with Crippen molar-refractivity contribution in [3.05, 3.63) is 138 Å². The lowest BCUT2D eigenvalue weighted by atomic mass is 9.81. The molecule has 93 heavy (non-hydrogen) atoms. The van der Waals surface area contributed by atoms with Crippen LogP contribution in [0.25, 0.3) is 0 Å². The van der Waals surface area contributed by atoms with E-state index in [0.717, 1.165) is 54.5 Å². The standard InChI is InChI=1S/C83H129BrO4Si5/c1-72(2,3)63-48-60(51-67(54-63)81(26,86-91(34,35)77(16,17)18)44-41-62-50-65(74(7,8)9)56-69(53-62)83(28,46-47-89(29,30)31)88-93(38,39)79(22,23)24)40-43-80(25,85-90(32,33)76(13,14)15)68-52-61(49-64(55-68)73(4,5)6)42-45-82(27,87-92(36,37)78(19,20)21)70-57-66(75(10,11)12)58-71(84)59-70/h48-59H,1-39H3/t80-,81-,82+,83+/m1/s1. The molecule has 0 saturated heterocycles. The van der Waals surface area contributed by atoms with E-state index in [9.17, 15) is 0 Å². The number of hydrogen-bond donors (Lipinski definition) is 0. The van der Waals surface area contributed by atoms with Gasteiger partial charge in [-0.1, -0.05) is 267 Å². The Labute approximate surface area is 586 Å². The minimum atomic E-state index is -2.54. The molecule has 0 N–H and O–H groups in total. The molecule has 0 bridgehead atoms. The summed E-state index contributed by atoms with van der Waals surface area (Å²) in [5.74, 6) is 26.9. The minimum Gasteiger partial charge on any atom is -0.397 e. The molecule has 0 aliphatic carbocycles. The molecule has 0 fully saturated rings. The number of rotatable bonds is 12. The van der Waals surface area contributed by atoms with E-state index in [2.05, 4.69) is 402 Å². The summed E-state index contributed by atoms with van der Waals surface area (Å²) in [5, 5.41) is -0.314. The quantitative estimate of drug-likeness (QED) is 0.105. The summed E-state index contributed by atoms with van der Waals surface area (Å²) >= 11 is 3.91. The van der Waals surface area contributed by atoms with Crippen LogP contribution in [0.1, 0.15) is 255 Å². The third kappa shape index (κ3) is 21.0. The van der Waals surface area contributed by atoms with E-state index in [4.69, 9.17) is 17.7 Å². The molecule has 4 aromatic rings. The van der Waals surface area contributed by atoms with Crippen molar-refractivity contribution in [2.24, 2.45) is 0 Å². The van der Waals surface area contributed by atoms with E-state index in [0.29, 0.717) is 0 Å². The van der Waals surface area contributed by atoms with Gasteiger partial charge in [0.25, 0.3) is 0 Å². The second-order valence-corrected chi connectivity index (χ2v) is 63.5. The monoisotopic (exact) mass is 1410 g/mol. The van der Waals surface area contributed by atoms with Crippen LogP contribution in [-0.4, -0.2) is 41.3 Å². The Balaban J connectivity index is 2.23. The molecular formula is C83H129BrO4Si5. The molecule has 512 valence electrons. The van der Waals surface area contributed by atoms with Gasteiger partial charge in [0.2, 0.25) is 0 Å². The molecule has 4 atom stereocenters. The summed E-state index contributed by atoms with van der Waals surface area (Å²) in [6, 6.07) is 27.2. The van der Waals surface area contributed by atoms with E-state index < -0.39 is 63.7 Å². The summed E-state index contributed by atoms with van der Waals surface area (Å²) in [6.07, 6.45) is 0. The first-order valence-electron chi connectivity index (χ1n) is 34.3. The Bertz CT molecular complexity index is 3640. The minimum absolute atomic E-state index is 0.0258. The summed E-state index contributed by atoms with van der Waals surface area (Å²) in [5.41, 5.74) is 10.5. The first-order chi connectivity index (χ1) is 41.0. The third-order valence-corrected chi connectivity index (χ3v) is 39.9. The van der Waals surface area contributed by atoms with E-state index in [1.807, 2.05) is 0 Å². The first kappa shape index (κ1) is 82.0. The Morgan fingerprint density at radius 1 is 0.258 bits per heavy atom. The fourth-order valence-electron chi connectivity index (χ4n) is 9.68. The van der Waals surface area contributed by atoms with Gasteiger partial charge >= 0.3 is 0 Å². The van der Waals surface area contributed by atoms with Gasteiger partial charge in [-0.3, -0.25) is 0 Å². The van der Waals surface area contributed by atoms with Crippen molar-refractivity contribution in [1.82, 2.24) is 0 Å². The zero-order valence-electron chi connectivity index (χ0n) is 66.4. The van der Waals surface area contributed by atoms with Crippen LogP contribution in [0.3, 0.4) is 0 Å². The molecule has 10 heteroatoms.